The van der Waals surface area contributed by atoms with Gasteiger partial charge in [-0.2, -0.15) is 0 Å². The number of hydrogen-bond acceptors (Lipinski definition) is 2. The van der Waals surface area contributed by atoms with Crippen molar-refractivity contribution in [2.24, 2.45) is 0 Å². The number of unbranched alkanes of at least 4 members (excludes halogenated alkanes) is 1. The van der Waals surface area contributed by atoms with Crippen LogP contribution in [0.15, 0.2) is 89.8 Å². The third-order valence-corrected chi connectivity index (χ3v) is 13.5. The van der Waals surface area contributed by atoms with Crippen LogP contribution in [0.25, 0.3) is 0 Å². The van der Waals surface area contributed by atoms with Crippen molar-refractivity contribution in [1.82, 2.24) is 0 Å². The van der Waals surface area contributed by atoms with Crippen LogP contribution < -0.4 is 10.4 Å². The average Bonchev–Trinajstić information content (AvgIpc) is 3.35. The third kappa shape index (κ3) is 6.05. The molecule has 3 aromatic carbocycles. The lowest BCUT2D eigenvalue weighted by Gasteiger charge is -2.43. The molecular weight excluding hydrogens is 448 g/mol. The highest BCUT2D eigenvalue weighted by Gasteiger charge is 2.49. The summed E-state index contributed by atoms with van der Waals surface area (Å²) in [5.41, 5.74) is 1.47. The molecule has 34 heavy (non-hydrogen) atoms. The van der Waals surface area contributed by atoms with Crippen LogP contribution in [0.1, 0.15) is 64.9 Å². The minimum atomic E-state index is -2.41. The molecule has 0 bridgehead atoms. The van der Waals surface area contributed by atoms with Crippen LogP contribution in [0.5, 0.6) is 0 Å². The largest absolute Gasteiger partial charge is 0.407 e. The molecule has 180 valence electrons. The quantitative estimate of drug-likeness (QED) is 0.214. The van der Waals surface area contributed by atoms with Gasteiger partial charge in [0.25, 0.3) is 8.32 Å². The first kappa shape index (κ1) is 25.3. The van der Waals surface area contributed by atoms with E-state index in [4.69, 9.17) is 4.43 Å². The number of aryl methyl sites for hydroxylation is 1. The van der Waals surface area contributed by atoms with Crippen molar-refractivity contribution in [2.75, 3.05) is 6.61 Å². The molecule has 0 atom stereocenters. The van der Waals surface area contributed by atoms with E-state index < -0.39 is 8.32 Å². The monoisotopic (exact) mass is 488 g/mol. The highest BCUT2D eigenvalue weighted by atomic mass is 32.2. The van der Waals surface area contributed by atoms with Crippen LogP contribution in [-0.4, -0.2) is 20.2 Å². The van der Waals surface area contributed by atoms with Gasteiger partial charge >= 0.3 is 0 Å². The van der Waals surface area contributed by atoms with Crippen molar-refractivity contribution in [3.63, 3.8) is 0 Å². The predicted molar refractivity (Wildman–Crippen MR) is 151 cm³/mol. The Labute approximate surface area is 212 Å². The number of hydrogen-bond donors (Lipinski definition) is 0. The van der Waals surface area contributed by atoms with Gasteiger partial charge in [0.2, 0.25) is 0 Å². The Morgan fingerprint density at radius 3 is 2.00 bits per heavy atom. The molecule has 0 aromatic heterocycles. The second kappa shape index (κ2) is 11.7. The molecule has 0 heterocycles. The van der Waals surface area contributed by atoms with Crippen LogP contribution in [0.3, 0.4) is 0 Å². The standard InChI is InChI=1S/C31H40OSSi/c1-31(2,3)34(29-20-6-4-7-21-29,30-22-8-5-9-23-30)32-24-13-12-15-26-16-14-19-28(25-26)33-27-17-10-11-18-27/h4-9,14,16,19-23,25,27H,10-13,15,17-18,24H2,1-3H3. The maximum absolute atomic E-state index is 7.05. The van der Waals surface area contributed by atoms with E-state index >= 15 is 0 Å². The van der Waals surface area contributed by atoms with E-state index in [1.807, 2.05) is 0 Å². The van der Waals surface area contributed by atoms with Gasteiger partial charge in [-0.15, -0.1) is 11.8 Å². The van der Waals surface area contributed by atoms with Gasteiger partial charge in [0.05, 0.1) is 0 Å². The van der Waals surface area contributed by atoms with E-state index in [-0.39, 0.29) is 5.04 Å². The van der Waals surface area contributed by atoms with E-state index in [2.05, 4.69) is 117 Å². The summed E-state index contributed by atoms with van der Waals surface area (Å²) in [6, 6.07) is 31.2. The van der Waals surface area contributed by atoms with Gasteiger partial charge in [-0.05, 0) is 65.2 Å². The topological polar surface area (TPSA) is 9.23 Å². The fraction of sp³-hybridized carbons (Fsp3) is 0.419. The van der Waals surface area contributed by atoms with Gasteiger partial charge in [0.1, 0.15) is 0 Å². The van der Waals surface area contributed by atoms with Crippen molar-refractivity contribution in [3.05, 3.63) is 90.5 Å². The van der Waals surface area contributed by atoms with Crippen molar-refractivity contribution >= 4 is 30.5 Å². The molecule has 0 amide bonds. The predicted octanol–water partition coefficient (Wildman–Crippen LogP) is 7.62. The Bertz CT molecular complexity index is 967. The summed E-state index contributed by atoms with van der Waals surface area (Å²) >= 11 is 2.09. The van der Waals surface area contributed by atoms with E-state index in [9.17, 15) is 0 Å². The number of thioether (sulfide) groups is 1. The molecule has 0 spiro atoms. The highest BCUT2D eigenvalue weighted by molar-refractivity contribution is 8.00. The molecular formula is C31H40OSSi. The van der Waals surface area contributed by atoms with Crippen molar-refractivity contribution in [2.45, 2.75) is 80.9 Å². The van der Waals surface area contributed by atoms with Crippen molar-refractivity contribution < 1.29 is 4.43 Å². The first-order chi connectivity index (χ1) is 16.5. The Hall–Kier alpha value is -1.81. The minimum Gasteiger partial charge on any atom is -0.407 e. The van der Waals surface area contributed by atoms with Gasteiger partial charge in [-0.3, -0.25) is 0 Å². The summed E-state index contributed by atoms with van der Waals surface area (Å²) in [4.78, 5) is 1.45. The summed E-state index contributed by atoms with van der Waals surface area (Å²) < 4.78 is 7.05. The first-order valence-corrected chi connectivity index (χ1v) is 15.8. The first-order valence-electron chi connectivity index (χ1n) is 13.0. The van der Waals surface area contributed by atoms with Crippen LogP contribution in [-0.2, 0) is 10.8 Å². The lowest BCUT2D eigenvalue weighted by atomic mass is 10.1. The third-order valence-electron chi connectivity index (χ3n) is 7.10. The Morgan fingerprint density at radius 2 is 1.41 bits per heavy atom. The summed E-state index contributed by atoms with van der Waals surface area (Å²) in [7, 11) is -2.41. The van der Waals surface area contributed by atoms with Crippen LogP contribution in [0, 0.1) is 0 Å². The minimum absolute atomic E-state index is 0.0432. The Balaban J connectivity index is 1.41. The van der Waals surface area contributed by atoms with E-state index in [1.54, 1.807) is 0 Å². The second-order valence-electron chi connectivity index (χ2n) is 10.6. The maximum Gasteiger partial charge on any atom is 0.261 e. The van der Waals surface area contributed by atoms with E-state index in [1.165, 1.54) is 46.5 Å². The van der Waals surface area contributed by atoms with E-state index in [0.717, 1.165) is 31.1 Å². The number of rotatable bonds is 10. The molecule has 1 nitrogen and oxygen atoms in total. The van der Waals surface area contributed by atoms with Gasteiger partial charge in [-0.1, -0.05) is 106 Å². The highest BCUT2D eigenvalue weighted by Crippen LogP contribution is 2.37. The average molecular weight is 489 g/mol. The van der Waals surface area contributed by atoms with Gasteiger partial charge in [-0.25, -0.2) is 0 Å². The molecule has 0 saturated heterocycles. The Morgan fingerprint density at radius 1 is 0.794 bits per heavy atom. The van der Waals surface area contributed by atoms with Crippen LogP contribution in [0.2, 0.25) is 5.04 Å². The summed E-state index contributed by atoms with van der Waals surface area (Å²) in [6.07, 6.45) is 8.96. The molecule has 3 heteroatoms. The summed E-state index contributed by atoms with van der Waals surface area (Å²) in [5, 5.41) is 3.60. The smallest absolute Gasteiger partial charge is 0.261 e. The molecule has 0 aliphatic heterocycles. The lowest BCUT2D eigenvalue weighted by molar-refractivity contribution is 0.288. The molecule has 1 aliphatic rings. The normalized spacial score (nSPS) is 15.0. The zero-order chi connectivity index (χ0) is 23.9. The van der Waals surface area contributed by atoms with Gasteiger partial charge in [0, 0.05) is 16.8 Å². The van der Waals surface area contributed by atoms with Crippen molar-refractivity contribution in [1.29, 1.82) is 0 Å². The molecule has 1 saturated carbocycles. The second-order valence-corrected chi connectivity index (χ2v) is 16.3. The molecule has 1 fully saturated rings. The molecule has 4 rings (SSSR count). The van der Waals surface area contributed by atoms with Gasteiger partial charge in [0.15, 0.2) is 0 Å². The fourth-order valence-electron chi connectivity index (χ4n) is 5.39. The zero-order valence-corrected chi connectivity index (χ0v) is 23.0. The number of benzene rings is 3. The van der Waals surface area contributed by atoms with Crippen LogP contribution >= 0.6 is 11.8 Å². The molecule has 0 radical (unpaired) electrons. The molecule has 0 unspecified atom stereocenters. The fourth-order valence-corrected chi connectivity index (χ4v) is 11.3. The summed E-state index contributed by atoms with van der Waals surface area (Å²) in [6.45, 7) is 7.87. The lowest BCUT2D eigenvalue weighted by Crippen LogP contribution is -2.66. The van der Waals surface area contributed by atoms with Gasteiger partial charge < -0.3 is 4.43 Å². The van der Waals surface area contributed by atoms with Crippen molar-refractivity contribution in [3.8, 4) is 0 Å². The zero-order valence-electron chi connectivity index (χ0n) is 21.1. The molecule has 1 aliphatic carbocycles. The maximum atomic E-state index is 7.05. The SMILES string of the molecule is CC(C)(C)[Si](OCCCCc1cccc(SC2CCCC2)c1)(c1ccccc1)c1ccccc1. The van der Waals surface area contributed by atoms with Crippen LogP contribution in [0.4, 0.5) is 0 Å². The summed E-state index contributed by atoms with van der Waals surface area (Å²) in [5.74, 6) is 0. The molecule has 3 aromatic rings. The molecule has 0 N–H and O–H groups in total. The Kier molecular flexibility index (Phi) is 8.74. The van der Waals surface area contributed by atoms with E-state index in [0.29, 0.717) is 0 Å².